The van der Waals surface area contributed by atoms with E-state index in [1.807, 2.05) is 13.8 Å². The maximum atomic E-state index is 12.7. The molecule has 1 aliphatic rings. The molecule has 0 spiro atoms. The SMILES string of the molecule is CC(C)COC(=O)N1CCN(C(=O)c2cccc(S(=O)(=O)N(C)C)c2)CC1. The fourth-order valence-corrected chi connectivity index (χ4v) is 3.55. The molecule has 0 atom stereocenters. The Bertz CT molecular complexity index is 784. The van der Waals surface area contributed by atoms with Crippen molar-refractivity contribution in [3.05, 3.63) is 29.8 Å². The van der Waals surface area contributed by atoms with Crippen LogP contribution in [0.2, 0.25) is 0 Å². The number of sulfonamides is 1. The number of benzene rings is 1. The molecule has 1 fully saturated rings. The summed E-state index contributed by atoms with van der Waals surface area (Å²) in [5, 5.41) is 0. The molecule has 1 aromatic carbocycles. The molecule has 0 aromatic heterocycles. The summed E-state index contributed by atoms with van der Waals surface area (Å²) in [4.78, 5) is 28.0. The first kappa shape index (κ1) is 21.2. The summed E-state index contributed by atoms with van der Waals surface area (Å²) in [5.41, 5.74) is 0.314. The lowest BCUT2D eigenvalue weighted by atomic mass is 10.2. The Morgan fingerprint density at radius 1 is 1.11 bits per heavy atom. The van der Waals surface area contributed by atoms with Gasteiger partial charge in [-0.05, 0) is 24.1 Å². The van der Waals surface area contributed by atoms with Crippen molar-refractivity contribution in [2.75, 3.05) is 46.9 Å². The van der Waals surface area contributed by atoms with Crippen molar-refractivity contribution in [1.82, 2.24) is 14.1 Å². The molecule has 1 saturated heterocycles. The van der Waals surface area contributed by atoms with Crippen molar-refractivity contribution < 1.29 is 22.7 Å². The first-order valence-electron chi connectivity index (χ1n) is 8.86. The van der Waals surface area contributed by atoms with Crippen LogP contribution in [0.1, 0.15) is 24.2 Å². The van der Waals surface area contributed by atoms with Gasteiger partial charge in [0.15, 0.2) is 0 Å². The summed E-state index contributed by atoms with van der Waals surface area (Å²) >= 11 is 0. The highest BCUT2D eigenvalue weighted by Gasteiger charge is 2.27. The molecule has 2 rings (SSSR count). The highest BCUT2D eigenvalue weighted by molar-refractivity contribution is 7.89. The summed E-state index contributed by atoms with van der Waals surface area (Å²) in [6.45, 7) is 5.82. The summed E-state index contributed by atoms with van der Waals surface area (Å²) in [5.74, 6) is 0.0172. The lowest BCUT2D eigenvalue weighted by Crippen LogP contribution is -2.50. The van der Waals surface area contributed by atoms with Crippen LogP contribution in [0.15, 0.2) is 29.2 Å². The van der Waals surface area contributed by atoms with Crippen molar-refractivity contribution >= 4 is 22.0 Å². The van der Waals surface area contributed by atoms with Gasteiger partial charge in [0.2, 0.25) is 10.0 Å². The van der Waals surface area contributed by atoms with Crippen molar-refractivity contribution in [2.45, 2.75) is 18.7 Å². The number of hydrogen-bond acceptors (Lipinski definition) is 5. The minimum absolute atomic E-state index is 0.0780. The van der Waals surface area contributed by atoms with Crippen LogP contribution in [0.4, 0.5) is 4.79 Å². The fraction of sp³-hybridized carbons (Fsp3) is 0.556. The van der Waals surface area contributed by atoms with Gasteiger partial charge >= 0.3 is 6.09 Å². The largest absolute Gasteiger partial charge is 0.449 e. The van der Waals surface area contributed by atoms with Gasteiger partial charge in [-0.2, -0.15) is 0 Å². The predicted molar refractivity (Wildman–Crippen MR) is 101 cm³/mol. The Labute approximate surface area is 160 Å². The van der Waals surface area contributed by atoms with Gasteiger partial charge in [0.05, 0.1) is 11.5 Å². The van der Waals surface area contributed by atoms with Crippen LogP contribution in [-0.4, -0.2) is 81.4 Å². The van der Waals surface area contributed by atoms with Crippen molar-refractivity contribution in [2.24, 2.45) is 5.92 Å². The van der Waals surface area contributed by atoms with Gasteiger partial charge in [-0.1, -0.05) is 19.9 Å². The second-order valence-corrected chi connectivity index (χ2v) is 9.22. The Hall–Kier alpha value is -2.13. The summed E-state index contributed by atoms with van der Waals surface area (Å²) in [6.07, 6.45) is -0.366. The number of piperazine rings is 1. The zero-order chi connectivity index (χ0) is 20.2. The Balaban J connectivity index is 2.01. The lowest BCUT2D eigenvalue weighted by molar-refractivity contribution is 0.0535. The number of hydrogen-bond donors (Lipinski definition) is 0. The molecule has 0 bridgehead atoms. The average Bonchev–Trinajstić information content (AvgIpc) is 2.65. The molecule has 0 radical (unpaired) electrons. The molecular weight excluding hydrogens is 370 g/mol. The Morgan fingerprint density at radius 2 is 1.70 bits per heavy atom. The van der Waals surface area contributed by atoms with E-state index in [-0.39, 0.29) is 22.8 Å². The van der Waals surface area contributed by atoms with Crippen LogP contribution in [0.3, 0.4) is 0 Å². The first-order chi connectivity index (χ1) is 12.6. The summed E-state index contributed by atoms with van der Waals surface area (Å²) in [7, 11) is -0.712. The summed E-state index contributed by atoms with van der Waals surface area (Å²) < 4.78 is 30.8. The standard InChI is InChI=1S/C18H27N3O5S/c1-14(2)13-26-18(23)21-10-8-20(9-11-21)17(22)15-6-5-7-16(12-15)27(24,25)19(3)4/h5-7,12,14H,8-11,13H2,1-4H3. The molecule has 9 heteroatoms. The minimum atomic E-state index is -3.60. The molecule has 27 heavy (non-hydrogen) atoms. The number of carbonyl (C=O) groups is 2. The minimum Gasteiger partial charge on any atom is -0.449 e. The van der Waals surface area contributed by atoms with E-state index in [1.165, 1.54) is 26.2 Å². The first-order valence-corrected chi connectivity index (χ1v) is 10.3. The highest BCUT2D eigenvalue weighted by atomic mass is 32.2. The third kappa shape index (κ3) is 5.20. The van der Waals surface area contributed by atoms with Gasteiger partial charge in [0, 0.05) is 45.8 Å². The van der Waals surface area contributed by atoms with Gasteiger partial charge in [-0.25, -0.2) is 17.5 Å². The van der Waals surface area contributed by atoms with Gasteiger partial charge in [0.1, 0.15) is 0 Å². The molecule has 8 nitrogen and oxygen atoms in total. The zero-order valence-corrected chi connectivity index (χ0v) is 17.0. The molecule has 0 saturated carbocycles. The zero-order valence-electron chi connectivity index (χ0n) is 16.2. The third-order valence-corrected chi connectivity index (χ3v) is 6.04. The van der Waals surface area contributed by atoms with Gasteiger partial charge in [-0.3, -0.25) is 4.79 Å². The van der Waals surface area contributed by atoms with E-state index >= 15 is 0 Å². The van der Waals surface area contributed by atoms with Crippen LogP contribution >= 0.6 is 0 Å². The Kier molecular flexibility index (Phi) is 6.83. The molecule has 0 aliphatic carbocycles. The maximum Gasteiger partial charge on any atom is 0.409 e. The molecule has 0 unspecified atom stereocenters. The van der Waals surface area contributed by atoms with E-state index in [2.05, 4.69) is 0 Å². The number of rotatable bonds is 5. The molecule has 1 aliphatic heterocycles. The molecule has 2 amide bonds. The normalized spacial score (nSPS) is 15.3. The smallest absolute Gasteiger partial charge is 0.409 e. The quantitative estimate of drug-likeness (QED) is 0.751. The number of ether oxygens (including phenoxy) is 1. The van der Waals surface area contributed by atoms with E-state index in [0.717, 1.165) is 4.31 Å². The van der Waals surface area contributed by atoms with E-state index in [4.69, 9.17) is 4.74 Å². The third-order valence-electron chi connectivity index (χ3n) is 4.22. The van der Waals surface area contributed by atoms with Crippen molar-refractivity contribution in [1.29, 1.82) is 0 Å². The molecule has 1 heterocycles. The van der Waals surface area contributed by atoms with Crippen LogP contribution in [0, 0.1) is 5.92 Å². The monoisotopic (exact) mass is 397 g/mol. The van der Waals surface area contributed by atoms with E-state index < -0.39 is 10.0 Å². The molecule has 0 N–H and O–H groups in total. The van der Waals surface area contributed by atoms with Crippen molar-refractivity contribution in [3.8, 4) is 0 Å². The molecule has 1 aromatic rings. The average molecular weight is 397 g/mol. The van der Waals surface area contributed by atoms with Crippen LogP contribution < -0.4 is 0 Å². The number of carbonyl (C=O) groups excluding carboxylic acids is 2. The molecule has 150 valence electrons. The van der Waals surface area contributed by atoms with Gasteiger partial charge in [-0.15, -0.1) is 0 Å². The molecular formula is C18H27N3O5S. The van der Waals surface area contributed by atoms with Crippen LogP contribution in [0.5, 0.6) is 0 Å². The highest BCUT2D eigenvalue weighted by Crippen LogP contribution is 2.17. The van der Waals surface area contributed by atoms with Crippen LogP contribution in [-0.2, 0) is 14.8 Å². The Morgan fingerprint density at radius 3 is 2.26 bits per heavy atom. The van der Waals surface area contributed by atoms with Gasteiger partial charge < -0.3 is 14.5 Å². The second kappa shape index (κ2) is 8.71. The maximum absolute atomic E-state index is 12.7. The second-order valence-electron chi connectivity index (χ2n) is 7.07. The van der Waals surface area contributed by atoms with E-state index in [1.54, 1.807) is 21.9 Å². The predicted octanol–water partition coefficient (Wildman–Crippen LogP) is 1.49. The van der Waals surface area contributed by atoms with Crippen LogP contribution in [0.25, 0.3) is 0 Å². The topological polar surface area (TPSA) is 87.2 Å². The summed E-state index contributed by atoms with van der Waals surface area (Å²) in [6, 6.07) is 6.01. The van der Waals surface area contributed by atoms with E-state index in [0.29, 0.717) is 38.3 Å². The fourth-order valence-electron chi connectivity index (χ4n) is 2.60. The van der Waals surface area contributed by atoms with Gasteiger partial charge in [0.25, 0.3) is 5.91 Å². The van der Waals surface area contributed by atoms with E-state index in [9.17, 15) is 18.0 Å². The number of amides is 2. The number of nitrogens with zero attached hydrogens (tertiary/aromatic N) is 3. The lowest BCUT2D eigenvalue weighted by Gasteiger charge is -2.34. The van der Waals surface area contributed by atoms with Crippen molar-refractivity contribution in [3.63, 3.8) is 0 Å².